The largest absolute Gasteiger partial charge is 0.748 e. The Hall–Kier alpha value is -0.130. The molecule has 1 rings (SSSR count). The molecule has 1 heterocycles. The Kier molecular flexibility index (Phi) is 14.0. The third-order valence-electron chi connectivity index (χ3n) is 4.95. The summed E-state index contributed by atoms with van der Waals surface area (Å²) in [7, 11) is -3.92. The molecule has 0 aromatic carbocycles. The van der Waals surface area contributed by atoms with E-state index in [1.54, 1.807) is 0 Å². The first kappa shape index (κ1) is 23.9. The molecule has 1 saturated heterocycles. The lowest BCUT2D eigenvalue weighted by Gasteiger charge is -2.41. The van der Waals surface area contributed by atoms with Crippen LogP contribution in [0.3, 0.4) is 0 Å². The van der Waals surface area contributed by atoms with Gasteiger partial charge >= 0.3 is 0 Å². The van der Waals surface area contributed by atoms with Gasteiger partial charge in [0.25, 0.3) is 0 Å². The summed E-state index contributed by atoms with van der Waals surface area (Å²) in [5.41, 5.74) is 0. The number of nitrogens with zero attached hydrogens (tertiary/aromatic N) is 1. The zero-order chi connectivity index (χ0) is 18.3. The lowest BCUT2D eigenvalue weighted by atomic mass is 10.0. The highest BCUT2D eigenvalue weighted by Crippen LogP contribution is 2.21. The zero-order valence-electron chi connectivity index (χ0n) is 16.4. The summed E-state index contributed by atoms with van der Waals surface area (Å²) in [5, 5.41) is 0. The van der Waals surface area contributed by atoms with Crippen LogP contribution in [0.15, 0.2) is 0 Å². The average molecular weight is 364 g/mol. The van der Waals surface area contributed by atoms with Crippen LogP contribution in [0.25, 0.3) is 0 Å². The van der Waals surface area contributed by atoms with E-state index in [0.29, 0.717) is 6.26 Å². The van der Waals surface area contributed by atoms with Crippen molar-refractivity contribution in [3.05, 3.63) is 0 Å². The van der Waals surface area contributed by atoms with Crippen LogP contribution >= 0.6 is 0 Å². The second kappa shape index (κ2) is 14.1. The fourth-order valence-electron chi connectivity index (χ4n) is 3.80. The predicted octanol–water partition coefficient (Wildman–Crippen LogP) is 4.70. The van der Waals surface area contributed by atoms with E-state index in [1.807, 2.05) is 0 Å². The van der Waals surface area contributed by atoms with Crippen LogP contribution in [0, 0.1) is 0 Å². The van der Waals surface area contributed by atoms with E-state index in [9.17, 15) is 0 Å². The highest BCUT2D eigenvalue weighted by Gasteiger charge is 2.27. The Morgan fingerprint density at radius 1 is 0.750 bits per heavy atom. The van der Waals surface area contributed by atoms with Crippen molar-refractivity contribution in [2.24, 2.45) is 0 Å². The minimum absolute atomic E-state index is 0.604. The molecule has 0 amide bonds. The van der Waals surface area contributed by atoms with Gasteiger partial charge in [-0.15, -0.1) is 0 Å². The van der Waals surface area contributed by atoms with Crippen LogP contribution < -0.4 is 0 Å². The Balaban J connectivity index is 0.000000922. The lowest BCUT2D eigenvalue weighted by molar-refractivity contribution is -0.932. The van der Waals surface area contributed by atoms with Gasteiger partial charge in [-0.1, -0.05) is 52.4 Å². The van der Waals surface area contributed by atoms with Gasteiger partial charge < -0.3 is 9.04 Å². The van der Waals surface area contributed by atoms with Crippen LogP contribution in [-0.4, -0.2) is 49.9 Å². The van der Waals surface area contributed by atoms with Gasteiger partial charge in [0.1, 0.15) is 0 Å². The highest BCUT2D eigenvalue weighted by molar-refractivity contribution is 7.84. The predicted molar refractivity (Wildman–Crippen MR) is 102 cm³/mol. The van der Waals surface area contributed by atoms with E-state index in [2.05, 4.69) is 13.8 Å². The zero-order valence-corrected chi connectivity index (χ0v) is 17.2. The summed E-state index contributed by atoms with van der Waals surface area (Å²) < 4.78 is 28.7. The van der Waals surface area contributed by atoms with Crippen molar-refractivity contribution >= 4 is 10.1 Å². The normalized spacial score (nSPS) is 17.2. The SMILES string of the molecule is CCCCCCCCCC[N+]1(CCC)CCCCC1.CS(=O)(=O)[O-]. The van der Waals surface area contributed by atoms with Crippen LogP contribution in [0.1, 0.15) is 90.9 Å². The van der Waals surface area contributed by atoms with Crippen LogP contribution in [-0.2, 0) is 10.1 Å². The molecule has 0 bridgehead atoms. The molecule has 24 heavy (non-hydrogen) atoms. The lowest BCUT2D eigenvalue weighted by Crippen LogP contribution is -2.52. The molecule has 1 fully saturated rings. The Morgan fingerprint density at radius 3 is 1.67 bits per heavy atom. The molecule has 0 aliphatic carbocycles. The summed E-state index contributed by atoms with van der Waals surface area (Å²) in [6.07, 6.45) is 18.1. The van der Waals surface area contributed by atoms with Crippen molar-refractivity contribution in [1.82, 2.24) is 0 Å². The molecule has 0 atom stereocenters. The first-order chi connectivity index (χ1) is 11.3. The number of unbranched alkanes of at least 4 members (excludes halogenated alkanes) is 7. The molecule has 0 saturated carbocycles. The van der Waals surface area contributed by atoms with Gasteiger partial charge in [0.15, 0.2) is 0 Å². The summed E-state index contributed by atoms with van der Waals surface area (Å²) in [4.78, 5) is 0. The third-order valence-corrected chi connectivity index (χ3v) is 4.95. The number of quaternary nitrogens is 1. The maximum absolute atomic E-state index is 9.08. The average Bonchev–Trinajstić information content (AvgIpc) is 2.50. The summed E-state index contributed by atoms with van der Waals surface area (Å²) >= 11 is 0. The fourth-order valence-corrected chi connectivity index (χ4v) is 3.80. The third kappa shape index (κ3) is 15.4. The van der Waals surface area contributed by atoms with Crippen LogP contribution in [0.4, 0.5) is 0 Å². The number of rotatable bonds is 11. The van der Waals surface area contributed by atoms with Gasteiger partial charge in [0.2, 0.25) is 0 Å². The van der Waals surface area contributed by atoms with Gasteiger partial charge in [-0.05, 0) is 38.5 Å². The topological polar surface area (TPSA) is 57.2 Å². The molecular weight excluding hydrogens is 322 g/mol. The summed E-state index contributed by atoms with van der Waals surface area (Å²) in [6, 6.07) is 0. The van der Waals surface area contributed by atoms with Crippen molar-refractivity contribution in [2.45, 2.75) is 90.9 Å². The minimum Gasteiger partial charge on any atom is -0.748 e. The van der Waals surface area contributed by atoms with Crippen molar-refractivity contribution in [2.75, 3.05) is 32.4 Å². The monoisotopic (exact) mass is 363 g/mol. The molecule has 0 radical (unpaired) electrons. The van der Waals surface area contributed by atoms with Gasteiger partial charge in [0.05, 0.1) is 36.3 Å². The molecule has 1 aliphatic heterocycles. The fraction of sp³-hybridized carbons (Fsp3) is 1.00. The minimum atomic E-state index is -3.92. The molecular formula is C19H41NO3S. The van der Waals surface area contributed by atoms with E-state index >= 15 is 0 Å². The van der Waals surface area contributed by atoms with Crippen molar-refractivity contribution in [3.63, 3.8) is 0 Å². The van der Waals surface area contributed by atoms with Crippen LogP contribution in [0.5, 0.6) is 0 Å². The van der Waals surface area contributed by atoms with E-state index in [-0.39, 0.29) is 0 Å². The van der Waals surface area contributed by atoms with Crippen molar-refractivity contribution in [3.8, 4) is 0 Å². The number of piperidine rings is 1. The number of hydrogen-bond acceptors (Lipinski definition) is 3. The van der Waals surface area contributed by atoms with E-state index in [4.69, 9.17) is 13.0 Å². The van der Waals surface area contributed by atoms with Crippen LogP contribution in [0.2, 0.25) is 0 Å². The second-order valence-corrected chi connectivity index (χ2v) is 8.88. The van der Waals surface area contributed by atoms with E-state index < -0.39 is 10.1 Å². The quantitative estimate of drug-likeness (QED) is 0.304. The van der Waals surface area contributed by atoms with Gasteiger partial charge in [-0.3, -0.25) is 0 Å². The Morgan fingerprint density at radius 2 is 1.21 bits per heavy atom. The van der Waals surface area contributed by atoms with Gasteiger partial charge in [-0.2, -0.15) is 0 Å². The molecule has 5 heteroatoms. The second-order valence-electron chi connectivity index (χ2n) is 7.48. The molecule has 0 spiro atoms. The summed E-state index contributed by atoms with van der Waals surface area (Å²) in [6.45, 7) is 10.5. The smallest absolute Gasteiger partial charge is 0.0916 e. The molecule has 4 nitrogen and oxygen atoms in total. The first-order valence-corrected chi connectivity index (χ1v) is 11.9. The van der Waals surface area contributed by atoms with E-state index in [1.165, 1.54) is 108 Å². The number of likely N-dealkylation sites (tertiary alicyclic amines) is 1. The summed E-state index contributed by atoms with van der Waals surface area (Å²) in [5.74, 6) is 0. The van der Waals surface area contributed by atoms with Gasteiger partial charge in [0, 0.05) is 6.26 Å². The molecule has 146 valence electrons. The molecule has 0 N–H and O–H groups in total. The Labute approximate surface area is 151 Å². The maximum Gasteiger partial charge on any atom is 0.0916 e. The van der Waals surface area contributed by atoms with Crippen molar-refractivity contribution in [1.29, 1.82) is 0 Å². The Bertz CT molecular complexity index is 363. The van der Waals surface area contributed by atoms with Crippen molar-refractivity contribution < 1.29 is 17.5 Å². The molecule has 0 aromatic heterocycles. The molecule has 1 aliphatic rings. The first-order valence-electron chi connectivity index (χ1n) is 10.1. The van der Waals surface area contributed by atoms with Gasteiger partial charge in [-0.25, -0.2) is 8.42 Å². The standard InChI is InChI=1S/C18H38N.CH4O3S/c1-3-5-6-7-8-9-10-12-16-19(15-4-2)17-13-11-14-18-19;1-5(2,3)4/h3-18H2,1-2H3;1H3,(H,2,3,4)/q+1;/p-1. The van der Waals surface area contributed by atoms with E-state index in [0.717, 1.165) is 0 Å². The number of hydrogen-bond donors (Lipinski definition) is 0. The molecule has 0 unspecified atom stereocenters. The molecule has 0 aromatic rings. The highest BCUT2D eigenvalue weighted by atomic mass is 32.2. The maximum atomic E-state index is 9.08.